The predicted molar refractivity (Wildman–Crippen MR) is 66.6 cm³/mol. The van der Waals surface area contributed by atoms with Gasteiger partial charge in [-0.1, -0.05) is 30.3 Å². The van der Waals surface area contributed by atoms with Crippen molar-refractivity contribution >= 4 is 5.97 Å². The van der Waals surface area contributed by atoms with E-state index in [1.54, 1.807) is 13.8 Å². The van der Waals surface area contributed by atoms with Crippen LogP contribution >= 0.6 is 0 Å². The smallest absolute Gasteiger partial charge is 0.334 e. The van der Waals surface area contributed by atoms with Crippen LogP contribution in [0.1, 0.15) is 33.3 Å². The minimum Gasteiger partial charge on any atom is -0.464 e. The molecule has 1 atom stereocenters. The second kappa shape index (κ2) is 5.82. The summed E-state index contributed by atoms with van der Waals surface area (Å²) in [4.78, 5) is 11.5. The van der Waals surface area contributed by atoms with Gasteiger partial charge in [-0.2, -0.15) is 0 Å². The van der Waals surface area contributed by atoms with Crippen molar-refractivity contribution in [3.05, 3.63) is 35.9 Å². The lowest BCUT2D eigenvalue weighted by Crippen LogP contribution is -2.32. The molecule has 1 rings (SSSR count). The third kappa shape index (κ3) is 3.86. The third-order valence-electron chi connectivity index (χ3n) is 2.56. The summed E-state index contributed by atoms with van der Waals surface area (Å²) >= 11 is 0. The summed E-state index contributed by atoms with van der Waals surface area (Å²) in [6, 6.07) is 9.83. The third-order valence-corrected chi connectivity index (χ3v) is 2.56. The van der Waals surface area contributed by atoms with Gasteiger partial charge in [0.2, 0.25) is 0 Å². The van der Waals surface area contributed by atoms with E-state index in [9.17, 15) is 4.79 Å². The lowest BCUT2D eigenvalue weighted by atomic mass is 9.98. The molecule has 0 bridgehead atoms. The van der Waals surface area contributed by atoms with Crippen molar-refractivity contribution in [2.24, 2.45) is 0 Å². The average molecular weight is 236 g/mol. The van der Waals surface area contributed by atoms with Gasteiger partial charge in [0.15, 0.2) is 6.10 Å². The molecule has 0 saturated carbocycles. The van der Waals surface area contributed by atoms with Gasteiger partial charge < -0.3 is 9.47 Å². The first-order chi connectivity index (χ1) is 7.97. The summed E-state index contributed by atoms with van der Waals surface area (Å²) < 4.78 is 10.7. The Balaban J connectivity index is 2.70. The molecular formula is C14H20O3. The maximum atomic E-state index is 11.5. The molecule has 0 aliphatic carbocycles. The Morgan fingerprint density at radius 2 is 1.88 bits per heavy atom. The number of hydrogen-bond donors (Lipinski definition) is 0. The highest BCUT2D eigenvalue weighted by atomic mass is 16.6. The lowest BCUT2D eigenvalue weighted by molar-refractivity contribution is -0.166. The number of hydrogen-bond acceptors (Lipinski definition) is 3. The standard InChI is InChI=1S/C14H20O3/c1-5-16-13(15)11(2)17-14(3,4)12-9-7-6-8-10-12/h6-11H,5H2,1-4H3. The van der Waals surface area contributed by atoms with Gasteiger partial charge in [-0.05, 0) is 33.3 Å². The van der Waals surface area contributed by atoms with Gasteiger partial charge >= 0.3 is 5.97 Å². The van der Waals surface area contributed by atoms with Crippen molar-refractivity contribution in [2.45, 2.75) is 39.4 Å². The van der Waals surface area contributed by atoms with Crippen molar-refractivity contribution in [3.63, 3.8) is 0 Å². The van der Waals surface area contributed by atoms with Crippen LogP contribution in [0.25, 0.3) is 0 Å². The Bertz CT molecular complexity index is 357. The molecule has 0 saturated heterocycles. The van der Waals surface area contributed by atoms with Crippen LogP contribution in [-0.4, -0.2) is 18.7 Å². The maximum absolute atomic E-state index is 11.5. The number of carbonyl (C=O) groups excluding carboxylic acids is 1. The normalized spacial score (nSPS) is 13.2. The fourth-order valence-electron chi connectivity index (χ4n) is 1.66. The van der Waals surface area contributed by atoms with Crippen LogP contribution in [0.5, 0.6) is 0 Å². The first kappa shape index (κ1) is 13.7. The van der Waals surface area contributed by atoms with Crippen molar-refractivity contribution < 1.29 is 14.3 Å². The van der Waals surface area contributed by atoms with Gasteiger partial charge in [0.25, 0.3) is 0 Å². The molecule has 0 aliphatic rings. The van der Waals surface area contributed by atoms with Crippen LogP contribution in [0, 0.1) is 0 Å². The van der Waals surface area contributed by atoms with Crippen LogP contribution in [0.15, 0.2) is 30.3 Å². The van der Waals surface area contributed by atoms with E-state index in [1.165, 1.54) is 0 Å². The summed E-state index contributed by atoms with van der Waals surface area (Å²) in [6.07, 6.45) is -0.565. The summed E-state index contributed by atoms with van der Waals surface area (Å²) in [5.74, 6) is -0.323. The van der Waals surface area contributed by atoms with E-state index in [0.717, 1.165) is 5.56 Å². The molecule has 0 radical (unpaired) electrons. The topological polar surface area (TPSA) is 35.5 Å². The van der Waals surface area contributed by atoms with E-state index in [4.69, 9.17) is 9.47 Å². The fourth-order valence-corrected chi connectivity index (χ4v) is 1.66. The number of carbonyl (C=O) groups is 1. The van der Waals surface area contributed by atoms with Gasteiger partial charge in [-0.3, -0.25) is 0 Å². The van der Waals surface area contributed by atoms with Crippen molar-refractivity contribution in [2.75, 3.05) is 6.61 Å². The second-order valence-electron chi connectivity index (χ2n) is 4.39. The molecule has 1 unspecified atom stereocenters. The molecule has 94 valence electrons. The summed E-state index contributed by atoms with van der Waals surface area (Å²) in [5, 5.41) is 0. The molecule has 1 aromatic rings. The summed E-state index contributed by atoms with van der Waals surface area (Å²) in [5.41, 5.74) is 0.532. The summed E-state index contributed by atoms with van der Waals surface area (Å²) in [7, 11) is 0. The molecule has 0 aliphatic heterocycles. The van der Waals surface area contributed by atoms with E-state index in [0.29, 0.717) is 6.61 Å². The van der Waals surface area contributed by atoms with Gasteiger partial charge in [0, 0.05) is 0 Å². The Hall–Kier alpha value is -1.35. The SMILES string of the molecule is CCOC(=O)C(C)OC(C)(C)c1ccccc1. The molecule has 3 heteroatoms. The van der Waals surface area contributed by atoms with Crippen LogP contribution in [0.3, 0.4) is 0 Å². The van der Waals surface area contributed by atoms with Crippen LogP contribution < -0.4 is 0 Å². The zero-order valence-corrected chi connectivity index (χ0v) is 10.9. The fraction of sp³-hybridized carbons (Fsp3) is 0.500. The zero-order chi connectivity index (χ0) is 12.9. The van der Waals surface area contributed by atoms with E-state index in [1.807, 2.05) is 44.2 Å². The largest absolute Gasteiger partial charge is 0.464 e. The number of esters is 1. The van der Waals surface area contributed by atoms with Gasteiger partial charge in [-0.25, -0.2) is 4.79 Å². The maximum Gasteiger partial charge on any atom is 0.334 e. The molecule has 0 aromatic heterocycles. The monoisotopic (exact) mass is 236 g/mol. The molecule has 0 amide bonds. The molecule has 3 nitrogen and oxygen atoms in total. The van der Waals surface area contributed by atoms with E-state index in [-0.39, 0.29) is 5.97 Å². The quantitative estimate of drug-likeness (QED) is 0.737. The zero-order valence-electron chi connectivity index (χ0n) is 10.9. The molecular weight excluding hydrogens is 216 g/mol. The number of benzene rings is 1. The van der Waals surface area contributed by atoms with Gasteiger partial charge in [0.05, 0.1) is 12.2 Å². The average Bonchev–Trinajstić information content (AvgIpc) is 2.30. The van der Waals surface area contributed by atoms with E-state index in [2.05, 4.69) is 0 Å². The Labute approximate surface area is 103 Å². The first-order valence-electron chi connectivity index (χ1n) is 5.87. The Morgan fingerprint density at radius 1 is 1.29 bits per heavy atom. The first-order valence-corrected chi connectivity index (χ1v) is 5.87. The van der Waals surface area contributed by atoms with Crippen molar-refractivity contribution in [3.8, 4) is 0 Å². The van der Waals surface area contributed by atoms with Crippen LogP contribution in [0.2, 0.25) is 0 Å². The number of ether oxygens (including phenoxy) is 2. The second-order valence-corrected chi connectivity index (χ2v) is 4.39. The predicted octanol–water partition coefficient (Wildman–Crippen LogP) is 2.89. The van der Waals surface area contributed by atoms with E-state index < -0.39 is 11.7 Å². The highest BCUT2D eigenvalue weighted by molar-refractivity contribution is 5.74. The van der Waals surface area contributed by atoms with Crippen LogP contribution in [0.4, 0.5) is 0 Å². The van der Waals surface area contributed by atoms with E-state index >= 15 is 0 Å². The highest BCUT2D eigenvalue weighted by Gasteiger charge is 2.27. The van der Waals surface area contributed by atoms with Gasteiger partial charge in [0.1, 0.15) is 0 Å². The lowest BCUT2D eigenvalue weighted by Gasteiger charge is -2.28. The van der Waals surface area contributed by atoms with Crippen molar-refractivity contribution in [1.29, 1.82) is 0 Å². The Kier molecular flexibility index (Phi) is 4.70. The summed E-state index contributed by atoms with van der Waals surface area (Å²) in [6.45, 7) is 7.75. The molecule has 0 N–H and O–H groups in total. The minimum absolute atomic E-state index is 0.323. The molecule has 0 heterocycles. The highest BCUT2D eigenvalue weighted by Crippen LogP contribution is 2.26. The van der Waals surface area contributed by atoms with Gasteiger partial charge in [-0.15, -0.1) is 0 Å². The number of rotatable bonds is 5. The molecule has 1 aromatic carbocycles. The molecule has 0 fully saturated rings. The van der Waals surface area contributed by atoms with Crippen molar-refractivity contribution in [1.82, 2.24) is 0 Å². The molecule has 17 heavy (non-hydrogen) atoms. The Morgan fingerprint density at radius 3 is 2.41 bits per heavy atom. The van der Waals surface area contributed by atoms with Crippen LogP contribution in [-0.2, 0) is 19.9 Å². The molecule has 0 spiro atoms. The minimum atomic E-state index is -0.565.